The maximum atomic E-state index is 4.44. The van der Waals surface area contributed by atoms with E-state index in [1.807, 2.05) is 6.20 Å². The monoisotopic (exact) mass is 263 g/mol. The van der Waals surface area contributed by atoms with Crippen molar-refractivity contribution in [2.75, 3.05) is 18.4 Å². The maximum Gasteiger partial charge on any atom is 0.125 e. The number of anilines is 1. The Morgan fingerprint density at radius 3 is 2.53 bits per heavy atom. The van der Waals surface area contributed by atoms with Gasteiger partial charge >= 0.3 is 0 Å². The maximum absolute atomic E-state index is 4.44. The zero-order chi connectivity index (χ0) is 14.1. The fourth-order valence-electron chi connectivity index (χ4n) is 2.12. The van der Waals surface area contributed by atoms with Gasteiger partial charge in [-0.3, -0.25) is 4.90 Å². The first-order valence-electron chi connectivity index (χ1n) is 7.60. The fraction of sp³-hybridized carbons (Fsp3) is 0.688. The highest BCUT2D eigenvalue weighted by atomic mass is 15.1. The molecular formula is C16H29N3. The van der Waals surface area contributed by atoms with Gasteiger partial charge in [0.25, 0.3) is 0 Å². The summed E-state index contributed by atoms with van der Waals surface area (Å²) in [4.78, 5) is 6.97. The molecule has 0 saturated heterocycles. The van der Waals surface area contributed by atoms with Crippen molar-refractivity contribution in [3.05, 3.63) is 23.9 Å². The molecule has 0 fully saturated rings. The van der Waals surface area contributed by atoms with Crippen LogP contribution in [0.1, 0.15) is 52.5 Å². The third kappa shape index (κ3) is 6.06. The lowest BCUT2D eigenvalue weighted by Gasteiger charge is -2.26. The molecular weight excluding hydrogens is 234 g/mol. The van der Waals surface area contributed by atoms with E-state index in [9.17, 15) is 0 Å². The van der Waals surface area contributed by atoms with Crippen LogP contribution in [0.2, 0.25) is 0 Å². The second-order valence-corrected chi connectivity index (χ2v) is 5.35. The van der Waals surface area contributed by atoms with Crippen LogP contribution in [0.3, 0.4) is 0 Å². The molecule has 0 saturated carbocycles. The van der Waals surface area contributed by atoms with Gasteiger partial charge in [0.2, 0.25) is 0 Å². The number of hydrogen-bond donors (Lipinski definition) is 1. The molecule has 1 N–H and O–H groups in total. The van der Waals surface area contributed by atoms with Crippen LogP contribution in [-0.2, 0) is 6.54 Å². The van der Waals surface area contributed by atoms with Crippen molar-refractivity contribution in [3.63, 3.8) is 0 Å². The van der Waals surface area contributed by atoms with Crippen molar-refractivity contribution < 1.29 is 0 Å². The molecule has 0 unspecified atom stereocenters. The molecule has 19 heavy (non-hydrogen) atoms. The van der Waals surface area contributed by atoms with E-state index in [1.54, 1.807) is 0 Å². The van der Waals surface area contributed by atoms with E-state index in [0.717, 1.165) is 18.9 Å². The molecule has 0 aliphatic rings. The standard InChI is InChI=1S/C16H29N3/c1-5-7-8-11-19(14(3)4)13-15-9-10-16(17-6-2)18-12-15/h9-10,12,14H,5-8,11,13H2,1-4H3,(H,17,18). The van der Waals surface area contributed by atoms with Crippen LogP contribution in [0.4, 0.5) is 5.82 Å². The third-order valence-corrected chi connectivity index (χ3v) is 3.35. The number of aromatic nitrogens is 1. The Morgan fingerprint density at radius 2 is 2.00 bits per heavy atom. The molecule has 3 heteroatoms. The molecule has 1 aromatic rings. The minimum absolute atomic E-state index is 0.588. The van der Waals surface area contributed by atoms with E-state index in [4.69, 9.17) is 0 Å². The molecule has 1 aromatic heterocycles. The molecule has 0 amide bonds. The summed E-state index contributed by atoms with van der Waals surface area (Å²) in [5, 5.41) is 3.23. The van der Waals surface area contributed by atoms with Crippen LogP contribution in [0.15, 0.2) is 18.3 Å². The second-order valence-electron chi connectivity index (χ2n) is 5.35. The highest BCUT2D eigenvalue weighted by molar-refractivity contribution is 5.35. The lowest BCUT2D eigenvalue weighted by atomic mass is 10.2. The van der Waals surface area contributed by atoms with Crippen molar-refractivity contribution in [3.8, 4) is 0 Å². The SMILES string of the molecule is CCCCCN(Cc1ccc(NCC)nc1)C(C)C. The number of hydrogen-bond acceptors (Lipinski definition) is 3. The van der Waals surface area contributed by atoms with E-state index < -0.39 is 0 Å². The molecule has 0 radical (unpaired) electrons. The molecule has 0 bridgehead atoms. The van der Waals surface area contributed by atoms with E-state index >= 15 is 0 Å². The summed E-state index contributed by atoms with van der Waals surface area (Å²) in [7, 11) is 0. The van der Waals surface area contributed by atoms with Crippen LogP contribution in [0, 0.1) is 0 Å². The summed E-state index contributed by atoms with van der Waals surface area (Å²) in [5.41, 5.74) is 1.30. The van der Waals surface area contributed by atoms with Gasteiger partial charge in [-0.2, -0.15) is 0 Å². The van der Waals surface area contributed by atoms with Gasteiger partial charge in [-0.15, -0.1) is 0 Å². The van der Waals surface area contributed by atoms with E-state index in [1.165, 1.54) is 31.4 Å². The number of unbranched alkanes of at least 4 members (excludes halogenated alkanes) is 2. The van der Waals surface area contributed by atoms with Gasteiger partial charge in [-0.1, -0.05) is 25.8 Å². The van der Waals surface area contributed by atoms with Crippen LogP contribution in [0.25, 0.3) is 0 Å². The second kappa shape index (κ2) is 8.92. The molecule has 0 spiro atoms. The predicted molar refractivity (Wildman–Crippen MR) is 83.5 cm³/mol. The minimum atomic E-state index is 0.588. The third-order valence-electron chi connectivity index (χ3n) is 3.35. The quantitative estimate of drug-likeness (QED) is 0.685. The lowest BCUT2D eigenvalue weighted by molar-refractivity contribution is 0.208. The highest BCUT2D eigenvalue weighted by Gasteiger charge is 2.09. The summed E-state index contributed by atoms with van der Waals surface area (Å²) in [6.45, 7) is 12.0. The molecule has 0 aliphatic carbocycles. The summed E-state index contributed by atoms with van der Waals surface area (Å²) in [6, 6.07) is 4.84. The Hall–Kier alpha value is -1.09. The van der Waals surface area contributed by atoms with Crippen molar-refractivity contribution in [1.82, 2.24) is 9.88 Å². The Kier molecular flexibility index (Phi) is 7.49. The van der Waals surface area contributed by atoms with E-state index in [0.29, 0.717) is 6.04 Å². The average molecular weight is 263 g/mol. The lowest BCUT2D eigenvalue weighted by Crippen LogP contribution is -2.31. The summed E-state index contributed by atoms with van der Waals surface area (Å²) < 4.78 is 0. The van der Waals surface area contributed by atoms with Gasteiger partial charge in [0, 0.05) is 25.3 Å². The van der Waals surface area contributed by atoms with Crippen LogP contribution in [-0.4, -0.2) is 29.0 Å². The Morgan fingerprint density at radius 1 is 1.21 bits per heavy atom. The Bertz CT molecular complexity index is 332. The number of rotatable bonds is 9. The number of nitrogens with one attached hydrogen (secondary N) is 1. The Labute approximate surface area is 118 Å². The summed E-state index contributed by atoms with van der Waals surface area (Å²) in [6.07, 6.45) is 5.89. The van der Waals surface area contributed by atoms with Crippen LogP contribution >= 0.6 is 0 Å². The zero-order valence-electron chi connectivity index (χ0n) is 12.9. The van der Waals surface area contributed by atoms with Crippen molar-refractivity contribution in [2.45, 2.75) is 59.5 Å². The van der Waals surface area contributed by atoms with Gasteiger partial charge in [0.05, 0.1) is 0 Å². The van der Waals surface area contributed by atoms with Crippen molar-refractivity contribution in [1.29, 1.82) is 0 Å². The van der Waals surface area contributed by atoms with Gasteiger partial charge in [-0.25, -0.2) is 4.98 Å². The average Bonchev–Trinajstić information content (AvgIpc) is 2.40. The number of nitrogens with zero attached hydrogens (tertiary/aromatic N) is 2. The number of pyridine rings is 1. The van der Waals surface area contributed by atoms with Gasteiger partial charge < -0.3 is 5.32 Å². The van der Waals surface area contributed by atoms with Gasteiger partial charge in [0.15, 0.2) is 0 Å². The van der Waals surface area contributed by atoms with Crippen LogP contribution < -0.4 is 5.32 Å². The fourth-order valence-corrected chi connectivity index (χ4v) is 2.12. The van der Waals surface area contributed by atoms with Crippen molar-refractivity contribution >= 4 is 5.82 Å². The normalized spacial score (nSPS) is 11.3. The van der Waals surface area contributed by atoms with Crippen LogP contribution in [0.5, 0.6) is 0 Å². The first kappa shape index (κ1) is 16.0. The summed E-state index contributed by atoms with van der Waals surface area (Å²) >= 11 is 0. The molecule has 3 nitrogen and oxygen atoms in total. The summed E-state index contributed by atoms with van der Waals surface area (Å²) in [5.74, 6) is 0.966. The molecule has 0 aromatic carbocycles. The Balaban J connectivity index is 2.52. The van der Waals surface area contributed by atoms with Gasteiger partial charge in [0.1, 0.15) is 5.82 Å². The van der Waals surface area contributed by atoms with E-state index in [-0.39, 0.29) is 0 Å². The predicted octanol–water partition coefficient (Wildman–Crippen LogP) is 3.91. The largest absolute Gasteiger partial charge is 0.370 e. The minimum Gasteiger partial charge on any atom is -0.370 e. The highest BCUT2D eigenvalue weighted by Crippen LogP contribution is 2.11. The topological polar surface area (TPSA) is 28.2 Å². The molecule has 108 valence electrons. The van der Waals surface area contributed by atoms with E-state index in [2.05, 4.69) is 55.0 Å². The molecule has 1 rings (SSSR count). The molecule has 0 aliphatic heterocycles. The van der Waals surface area contributed by atoms with Gasteiger partial charge in [-0.05, 0) is 45.4 Å². The smallest absolute Gasteiger partial charge is 0.125 e. The van der Waals surface area contributed by atoms with Crippen molar-refractivity contribution in [2.24, 2.45) is 0 Å². The zero-order valence-corrected chi connectivity index (χ0v) is 12.9. The molecule has 1 heterocycles. The first-order valence-corrected chi connectivity index (χ1v) is 7.60. The first-order chi connectivity index (χ1) is 9.17. The molecule has 0 atom stereocenters.